The fraction of sp³-hybridized carbons (Fsp3) is 0.583. The zero-order valence-corrected chi connectivity index (χ0v) is 10.7. The molecule has 17 heavy (non-hydrogen) atoms. The lowest BCUT2D eigenvalue weighted by atomic mass is 9.92. The predicted molar refractivity (Wildman–Crippen MR) is 68.1 cm³/mol. The quantitative estimate of drug-likeness (QED) is 0.848. The zero-order chi connectivity index (χ0) is 12.4. The van der Waals surface area contributed by atoms with E-state index in [0.29, 0.717) is 23.2 Å². The minimum atomic E-state index is -0.000694. The number of carbonyl (C=O) groups excluding carboxylic acids is 1. The van der Waals surface area contributed by atoms with Gasteiger partial charge in [0.05, 0.1) is 5.02 Å². The van der Waals surface area contributed by atoms with Gasteiger partial charge >= 0.3 is 0 Å². The van der Waals surface area contributed by atoms with E-state index in [0.717, 1.165) is 19.4 Å². The molecular weight excluding hydrogens is 238 g/mol. The van der Waals surface area contributed by atoms with Crippen LogP contribution in [0.5, 0.6) is 0 Å². The molecule has 2 rings (SSSR count). The summed E-state index contributed by atoms with van der Waals surface area (Å²) in [5, 5.41) is 0.558. The van der Waals surface area contributed by atoms with Gasteiger partial charge in [-0.1, -0.05) is 18.5 Å². The zero-order valence-electron chi connectivity index (χ0n) is 9.95. The molecule has 2 heterocycles. The highest BCUT2D eigenvalue weighted by Crippen LogP contribution is 2.24. The molecule has 0 radical (unpaired) electrons. The molecule has 0 aliphatic carbocycles. The molecule has 0 aromatic carbocycles. The van der Waals surface area contributed by atoms with Gasteiger partial charge in [-0.25, -0.2) is 0 Å². The summed E-state index contributed by atoms with van der Waals surface area (Å²) in [7, 11) is 0. The maximum absolute atomic E-state index is 12.3. The lowest BCUT2D eigenvalue weighted by Crippen LogP contribution is -2.49. The van der Waals surface area contributed by atoms with Gasteiger partial charge in [0, 0.05) is 25.3 Å². The minimum Gasteiger partial charge on any atom is -0.356 e. The van der Waals surface area contributed by atoms with Crippen molar-refractivity contribution in [3.63, 3.8) is 0 Å². The number of H-pyrrole nitrogens is 1. The lowest BCUT2D eigenvalue weighted by molar-refractivity contribution is 0.0568. The average molecular weight is 256 g/mol. The third-order valence-corrected chi connectivity index (χ3v) is 3.61. The van der Waals surface area contributed by atoms with E-state index in [1.165, 1.54) is 0 Å². The molecule has 0 spiro atoms. The normalized spacial score (nSPS) is 25.0. The van der Waals surface area contributed by atoms with Crippen LogP contribution in [-0.4, -0.2) is 34.9 Å². The number of nitrogens with zero attached hydrogens (tertiary/aromatic N) is 1. The molecule has 0 saturated carbocycles. The van der Waals surface area contributed by atoms with Gasteiger partial charge < -0.3 is 15.6 Å². The Bertz CT molecular complexity index is 404. The number of rotatable bonds is 2. The topological polar surface area (TPSA) is 62.1 Å². The van der Waals surface area contributed by atoms with Crippen LogP contribution in [0.2, 0.25) is 5.02 Å². The van der Waals surface area contributed by atoms with E-state index in [9.17, 15) is 4.79 Å². The number of hydrogen-bond acceptors (Lipinski definition) is 2. The summed E-state index contributed by atoms with van der Waals surface area (Å²) >= 11 is 5.81. The van der Waals surface area contributed by atoms with Crippen LogP contribution in [0.25, 0.3) is 0 Å². The maximum Gasteiger partial charge on any atom is 0.270 e. The van der Waals surface area contributed by atoms with Crippen molar-refractivity contribution in [1.29, 1.82) is 0 Å². The molecule has 0 bridgehead atoms. The van der Waals surface area contributed by atoms with Crippen LogP contribution < -0.4 is 5.73 Å². The summed E-state index contributed by atoms with van der Waals surface area (Å²) in [6.45, 7) is 3.50. The van der Waals surface area contributed by atoms with E-state index in [-0.39, 0.29) is 11.9 Å². The Balaban J connectivity index is 2.13. The standard InChI is InChI=1S/C12H18ClN3O/c1-8-2-3-16(10(4-8)6-14)12(17)11-5-9(13)7-15-11/h5,7-8,10,15H,2-4,6,14H2,1H3. The predicted octanol–water partition coefficient (Wildman–Crippen LogP) is 1.87. The molecule has 5 heteroatoms. The Morgan fingerprint density at radius 1 is 1.71 bits per heavy atom. The van der Waals surface area contributed by atoms with Crippen molar-refractivity contribution in [2.45, 2.75) is 25.8 Å². The number of likely N-dealkylation sites (tertiary alicyclic amines) is 1. The van der Waals surface area contributed by atoms with Gasteiger partial charge in [-0.2, -0.15) is 0 Å². The number of hydrogen-bond donors (Lipinski definition) is 2. The van der Waals surface area contributed by atoms with Crippen molar-refractivity contribution in [3.05, 3.63) is 23.0 Å². The van der Waals surface area contributed by atoms with Gasteiger partial charge in [-0.3, -0.25) is 4.79 Å². The van der Waals surface area contributed by atoms with E-state index >= 15 is 0 Å². The molecule has 1 aliphatic rings. The highest BCUT2D eigenvalue weighted by atomic mass is 35.5. The van der Waals surface area contributed by atoms with Gasteiger partial charge in [-0.05, 0) is 24.8 Å². The van der Waals surface area contributed by atoms with Crippen LogP contribution in [0.15, 0.2) is 12.3 Å². The van der Waals surface area contributed by atoms with E-state index in [1.807, 2.05) is 4.90 Å². The van der Waals surface area contributed by atoms with Crippen LogP contribution >= 0.6 is 11.6 Å². The first-order valence-electron chi connectivity index (χ1n) is 5.96. The Morgan fingerprint density at radius 3 is 3.06 bits per heavy atom. The first kappa shape index (κ1) is 12.5. The SMILES string of the molecule is CC1CCN(C(=O)c2cc(Cl)c[nH]2)C(CN)C1. The van der Waals surface area contributed by atoms with Gasteiger partial charge in [0.1, 0.15) is 5.69 Å². The maximum atomic E-state index is 12.3. The van der Waals surface area contributed by atoms with Gasteiger partial charge in [0.15, 0.2) is 0 Å². The number of nitrogens with two attached hydrogens (primary N) is 1. The number of amides is 1. The van der Waals surface area contributed by atoms with Crippen LogP contribution in [0.3, 0.4) is 0 Å². The molecule has 94 valence electrons. The van der Waals surface area contributed by atoms with Crippen LogP contribution in [-0.2, 0) is 0 Å². The van der Waals surface area contributed by atoms with Crippen molar-refractivity contribution >= 4 is 17.5 Å². The fourth-order valence-corrected chi connectivity index (χ4v) is 2.55. The second kappa shape index (κ2) is 5.10. The number of nitrogens with one attached hydrogen (secondary N) is 1. The highest BCUT2D eigenvalue weighted by Gasteiger charge is 2.29. The molecule has 1 aliphatic heterocycles. The number of carbonyl (C=O) groups is 1. The van der Waals surface area contributed by atoms with Crippen molar-refractivity contribution in [1.82, 2.24) is 9.88 Å². The van der Waals surface area contributed by atoms with Crippen LogP contribution in [0.1, 0.15) is 30.3 Å². The van der Waals surface area contributed by atoms with Crippen LogP contribution in [0, 0.1) is 5.92 Å². The number of aromatic nitrogens is 1. The third-order valence-electron chi connectivity index (χ3n) is 3.39. The molecule has 1 amide bonds. The molecule has 1 aromatic heterocycles. The first-order chi connectivity index (χ1) is 8.11. The fourth-order valence-electron chi connectivity index (χ4n) is 2.39. The summed E-state index contributed by atoms with van der Waals surface area (Å²) in [5.41, 5.74) is 6.29. The van der Waals surface area contributed by atoms with E-state index < -0.39 is 0 Å². The molecule has 3 N–H and O–H groups in total. The first-order valence-corrected chi connectivity index (χ1v) is 6.34. The Hall–Kier alpha value is -1.00. The van der Waals surface area contributed by atoms with E-state index in [4.69, 9.17) is 17.3 Å². The minimum absolute atomic E-state index is 0.000694. The largest absolute Gasteiger partial charge is 0.356 e. The van der Waals surface area contributed by atoms with Gasteiger partial charge in [0.25, 0.3) is 5.91 Å². The molecule has 1 saturated heterocycles. The van der Waals surface area contributed by atoms with Crippen molar-refractivity contribution in [3.8, 4) is 0 Å². The summed E-state index contributed by atoms with van der Waals surface area (Å²) in [4.78, 5) is 17.0. The number of piperidine rings is 1. The second-order valence-electron chi connectivity index (χ2n) is 4.75. The smallest absolute Gasteiger partial charge is 0.270 e. The van der Waals surface area contributed by atoms with Crippen molar-refractivity contribution in [2.24, 2.45) is 11.7 Å². The summed E-state index contributed by atoms with van der Waals surface area (Å²) in [5.74, 6) is 0.638. The summed E-state index contributed by atoms with van der Waals surface area (Å²) in [6.07, 6.45) is 3.65. The molecule has 1 aromatic rings. The summed E-state index contributed by atoms with van der Waals surface area (Å²) < 4.78 is 0. The second-order valence-corrected chi connectivity index (χ2v) is 5.19. The van der Waals surface area contributed by atoms with Gasteiger partial charge in [0.2, 0.25) is 0 Å². The molecular formula is C12H18ClN3O. The Kier molecular flexibility index (Phi) is 3.74. The van der Waals surface area contributed by atoms with Crippen molar-refractivity contribution in [2.75, 3.05) is 13.1 Å². The molecule has 1 fully saturated rings. The molecule has 4 nitrogen and oxygen atoms in total. The van der Waals surface area contributed by atoms with Crippen LogP contribution in [0.4, 0.5) is 0 Å². The van der Waals surface area contributed by atoms with Gasteiger partial charge in [-0.15, -0.1) is 0 Å². The molecule has 2 atom stereocenters. The number of halogens is 1. The van der Waals surface area contributed by atoms with E-state index in [1.54, 1.807) is 12.3 Å². The van der Waals surface area contributed by atoms with Crippen molar-refractivity contribution < 1.29 is 4.79 Å². The monoisotopic (exact) mass is 255 g/mol. The number of aromatic amines is 1. The highest BCUT2D eigenvalue weighted by molar-refractivity contribution is 6.30. The van der Waals surface area contributed by atoms with E-state index in [2.05, 4.69) is 11.9 Å². The summed E-state index contributed by atoms with van der Waals surface area (Å²) in [6, 6.07) is 1.81. The Labute approximate surface area is 106 Å². The lowest BCUT2D eigenvalue weighted by Gasteiger charge is -2.37. The Morgan fingerprint density at radius 2 is 2.47 bits per heavy atom. The average Bonchev–Trinajstić information content (AvgIpc) is 2.75. The third kappa shape index (κ3) is 2.64. The molecule has 2 unspecified atom stereocenters.